The SMILES string of the molecule is O=C(c1ccccc1)c1ccc(-c2ccc(-c3ccc(-c4ccc(C(=O)c5ccccc5)s4)s3)s2)s1. The molecule has 6 aromatic rings. The molecule has 2 aromatic carbocycles. The summed E-state index contributed by atoms with van der Waals surface area (Å²) in [6.45, 7) is 0. The summed E-state index contributed by atoms with van der Waals surface area (Å²) in [5, 5.41) is 0. The normalized spacial score (nSPS) is 11.0. The maximum absolute atomic E-state index is 12.8. The van der Waals surface area contributed by atoms with Crippen LogP contribution >= 0.6 is 45.3 Å². The van der Waals surface area contributed by atoms with E-state index in [1.165, 1.54) is 32.4 Å². The molecule has 4 heterocycles. The molecule has 6 heteroatoms. The van der Waals surface area contributed by atoms with E-state index in [2.05, 4.69) is 24.3 Å². The van der Waals surface area contributed by atoms with Gasteiger partial charge in [-0.3, -0.25) is 9.59 Å². The smallest absolute Gasteiger partial charge is 0.202 e. The van der Waals surface area contributed by atoms with Crippen LogP contribution in [0, 0.1) is 0 Å². The summed E-state index contributed by atoms with van der Waals surface area (Å²) in [7, 11) is 0. The van der Waals surface area contributed by atoms with Gasteiger partial charge in [-0.1, -0.05) is 60.7 Å². The van der Waals surface area contributed by atoms with E-state index >= 15 is 0 Å². The van der Waals surface area contributed by atoms with E-state index in [-0.39, 0.29) is 11.6 Å². The van der Waals surface area contributed by atoms with Gasteiger partial charge in [0.15, 0.2) is 0 Å². The molecule has 0 fully saturated rings. The number of rotatable bonds is 7. The lowest BCUT2D eigenvalue weighted by atomic mass is 10.1. The Bertz CT molecular complexity index is 1540. The number of carbonyl (C=O) groups is 2. The topological polar surface area (TPSA) is 34.1 Å². The Morgan fingerprint density at radius 2 is 0.667 bits per heavy atom. The first-order valence-electron chi connectivity index (χ1n) is 11.3. The van der Waals surface area contributed by atoms with Gasteiger partial charge in [-0.25, -0.2) is 0 Å². The van der Waals surface area contributed by atoms with Crippen molar-refractivity contribution in [3.05, 3.63) is 130 Å². The lowest BCUT2D eigenvalue weighted by Crippen LogP contribution is -1.97. The van der Waals surface area contributed by atoms with Crippen molar-refractivity contribution in [3.63, 3.8) is 0 Å². The Morgan fingerprint density at radius 3 is 1.03 bits per heavy atom. The minimum atomic E-state index is 0.0626. The molecule has 0 radical (unpaired) electrons. The van der Waals surface area contributed by atoms with Crippen molar-refractivity contribution in [2.24, 2.45) is 0 Å². The molecule has 174 valence electrons. The molecule has 0 unspecified atom stereocenters. The first-order valence-corrected chi connectivity index (χ1v) is 14.5. The average Bonchev–Trinajstić information content (AvgIpc) is 3.74. The maximum Gasteiger partial charge on any atom is 0.202 e. The van der Waals surface area contributed by atoms with Crippen LogP contribution in [-0.4, -0.2) is 11.6 Å². The fourth-order valence-corrected chi connectivity index (χ4v) is 8.07. The molecular formula is C30H18O2S4. The van der Waals surface area contributed by atoms with Gasteiger partial charge in [0, 0.05) is 40.4 Å². The fourth-order valence-electron chi connectivity index (χ4n) is 3.85. The number of hydrogen-bond donors (Lipinski definition) is 0. The van der Waals surface area contributed by atoms with Gasteiger partial charge < -0.3 is 0 Å². The van der Waals surface area contributed by atoms with Gasteiger partial charge in [0.2, 0.25) is 11.6 Å². The van der Waals surface area contributed by atoms with Gasteiger partial charge in [0.05, 0.1) is 9.75 Å². The van der Waals surface area contributed by atoms with Gasteiger partial charge in [-0.2, -0.15) is 0 Å². The summed E-state index contributed by atoms with van der Waals surface area (Å²) in [6, 6.07) is 35.3. The molecule has 0 bridgehead atoms. The second-order valence-corrected chi connectivity index (χ2v) is 12.4. The largest absolute Gasteiger partial charge is 0.288 e. The molecule has 4 aromatic heterocycles. The van der Waals surface area contributed by atoms with Crippen LogP contribution in [0.25, 0.3) is 29.3 Å². The first kappa shape index (κ1) is 23.0. The maximum atomic E-state index is 12.8. The molecule has 0 saturated carbocycles. The number of benzene rings is 2. The Morgan fingerprint density at radius 1 is 0.361 bits per heavy atom. The zero-order valence-electron chi connectivity index (χ0n) is 18.8. The summed E-state index contributed by atoms with van der Waals surface area (Å²) < 4.78 is 0. The van der Waals surface area contributed by atoms with Crippen molar-refractivity contribution in [1.29, 1.82) is 0 Å². The molecule has 0 aliphatic heterocycles. The minimum absolute atomic E-state index is 0.0626. The van der Waals surface area contributed by atoms with Crippen LogP contribution < -0.4 is 0 Å². The molecule has 0 aliphatic carbocycles. The number of ketones is 2. The second-order valence-electron chi connectivity index (χ2n) is 8.05. The van der Waals surface area contributed by atoms with E-state index in [9.17, 15) is 9.59 Å². The van der Waals surface area contributed by atoms with E-state index < -0.39 is 0 Å². The van der Waals surface area contributed by atoms with Crippen LogP contribution in [0.3, 0.4) is 0 Å². The van der Waals surface area contributed by atoms with Crippen LogP contribution in [0.5, 0.6) is 0 Å². The number of hydrogen-bond acceptors (Lipinski definition) is 6. The van der Waals surface area contributed by atoms with E-state index in [4.69, 9.17) is 0 Å². The summed E-state index contributed by atoms with van der Waals surface area (Å²) in [5.41, 5.74) is 1.43. The zero-order valence-corrected chi connectivity index (χ0v) is 22.1. The molecule has 6 rings (SSSR count). The lowest BCUT2D eigenvalue weighted by molar-refractivity contribution is 0.103. The summed E-state index contributed by atoms with van der Waals surface area (Å²) in [5.74, 6) is 0.125. The van der Waals surface area contributed by atoms with E-state index in [0.717, 1.165) is 29.3 Å². The molecule has 0 saturated heterocycles. The van der Waals surface area contributed by atoms with E-state index in [0.29, 0.717) is 11.1 Å². The summed E-state index contributed by atoms with van der Waals surface area (Å²) in [4.78, 5) is 34.0. The molecule has 0 N–H and O–H groups in total. The Kier molecular flexibility index (Phi) is 6.34. The standard InChI is InChI=1S/C30H18O2S4/c31-29(19-7-3-1-4-8-19)27-17-15-25(35-27)23-13-11-21(33-23)22-12-14-24(34-22)26-16-18-28(36-26)30(32)20-9-5-2-6-10-20/h1-18H. The Labute approximate surface area is 224 Å². The Balaban J connectivity index is 1.20. The van der Waals surface area contributed by atoms with Crippen LogP contribution in [0.2, 0.25) is 0 Å². The molecule has 0 amide bonds. The fraction of sp³-hybridized carbons (Fsp3) is 0. The minimum Gasteiger partial charge on any atom is -0.288 e. The van der Waals surface area contributed by atoms with Crippen molar-refractivity contribution < 1.29 is 9.59 Å². The summed E-state index contributed by atoms with van der Waals surface area (Å²) in [6.07, 6.45) is 0. The van der Waals surface area contributed by atoms with Crippen molar-refractivity contribution >= 4 is 56.9 Å². The molecular weight excluding hydrogens is 521 g/mol. The van der Waals surface area contributed by atoms with Crippen LogP contribution in [0.1, 0.15) is 30.5 Å². The van der Waals surface area contributed by atoms with Crippen molar-refractivity contribution in [2.45, 2.75) is 0 Å². The third-order valence-electron chi connectivity index (χ3n) is 5.67. The highest BCUT2D eigenvalue weighted by Gasteiger charge is 2.16. The highest BCUT2D eigenvalue weighted by molar-refractivity contribution is 7.29. The van der Waals surface area contributed by atoms with Crippen molar-refractivity contribution in [3.8, 4) is 29.3 Å². The predicted molar refractivity (Wildman–Crippen MR) is 154 cm³/mol. The molecule has 0 spiro atoms. The third kappa shape index (κ3) is 4.56. The van der Waals surface area contributed by atoms with E-state index in [1.807, 2.05) is 84.9 Å². The highest BCUT2D eigenvalue weighted by atomic mass is 32.1. The highest BCUT2D eigenvalue weighted by Crippen LogP contribution is 2.43. The van der Waals surface area contributed by atoms with Crippen LogP contribution in [0.4, 0.5) is 0 Å². The van der Waals surface area contributed by atoms with Crippen LogP contribution in [-0.2, 0) is 0 Å². The molecule has 2 nitrogen and oxygen atoms in total. The molecule has 36 heavy (non-hydrogen) atoms. The monoisotopic (exact) mass is 538 g/mol. The number of carbonyl (C=O) groups excluding carboxylic acids is 2. The molecule has 0 atom stereocenters. The van der Waals surface area contributed by atoms with Crippen LogP contribution in [0.15, 0.2) is 109 Å². The van der Waals surface area contributed by atoms with Gasteiger partial charge in [0.25, 0.3) is 0 Å². The van der Waals surface area contributed by atoms with Gasteiger partial charge in [0.1, 0.15) is 0 Å². The predicted octanol–water partition coefficient (Wildman–Crippen LogP) is 9.40. The van der Waals surface area contributed by atoms with Crippen molar-refractivity contribution in [2.75, 3.05) is 0 Å². The Hall–Kier alpha value is -3.42. The third-order valence-corrected chi connectivity index (χ3v) is 10.6. The average molecular weight is 539 g/mol. The van der Waals surface area contributed by atoms with Gasteiger partial charge in [-0.15, -0.1) is 45.3 Å². The summed E-state index contributed by atoms with van der Waals surface area (Å²) >= 11 is 6.54. The number of thiophene rings is 4. The quantitative estimate of drug-likeness (QED) is 0.190. The van der Waals surface area contributed by atoms with E-state index in [1.54, 1.807) is 22.7 Å². The zero-order chi connectivity index (χ0) is 24.5. The van der Waals surface area contributed by atoms with Crippen molar-refractivity contribution in [1.82, 2.24) is 0 Å². The molecule has 0 aliphatic rings. The van der Waals surface area contributed by atoms with Gasteiger partial charge in [-0.05, 0) is 48.5 Å². The second kappa shape index (κ2) is 9.91. The van der Waals surface area contributed by atoms with Gasteiger partial charge >= 0.3 is 0 Å². The lowest BCUT2D eigenvalue weighted by Gasteiger charge is -1.96. The first-order chi connectivity index (χ1) is 17.7.